The second-order valence-corrected chi connectivity index (χ2v) is 7.10. The molecule has 0 bridgehead atoms. The van der Waals surface area contributed by atoms with Crippen LogP contribution in [0, 0.1) is 0 Å². The molecule has 0 unspecified atom stereocenters. The Morgan fingerprint density at radius 2 is 1.60 bits per heavy atom. The molecule has 2 aromatic rings. The van der Waals surface area contributed by atoms with E-state index in [-0.39, 0.29) is 24.0 Å². The minimum Gasteiger partial charge on any atom is -0.489 e. The number of amides is 2. The maximum Gasteiger partial charge on any atom is 0.338 e. The van der Waals surface area contributed by atoms with Gasteiger partial charge in [-0.3, -0.25) is 9.59 Å². The lowest BCUT2D eigenvalue weighted by atomic mass is 10.1. The van der Waals surface area contributed by atoms with Gasteiger partial charge in [0.1, 0.15) is 6.61 Å². The van der Waals surface area contributed by atoms with Crippen molar-refractivity contribution < 1.29 is 28.6 Å². The highest BCUT2D eigenvalue weighted by Crippen LogP contribution is 2.38. The highest BCUT2D eigenvalue weighted by molar-refractivity contribution is 6.32. The van der Waals surface area contributed by atoms with Gasteiger partial charge in [-0.2, -0.15) is 0 Å². The minimum atomic E-state index is -0.628. The Balaban J connectivity index is 1.77. The first-order valence-electron chi connectivity index (χ1n) is 9.27. The molecule has 1 aliphatic heterocycles. The fourth-order valence-corrected chi connectivity index (χ4v) is 3.18. The Hall–Kier alpha value is -3.26. The number of halogens is 1. The molecule has 0 radical (unpaired) electrons. The number of ether oxygens (including phenoxy) is 3. The van der Waals surface area contributed by atoms with E-state index >= 15 is 0 Å². The average Bonchev–Trinajstić information content (AvgIpc) is 2.90. The Morgan fingerprint density at radius 3 is 2.23 bits per heavy atom. The van der Waals surface area contributed by atoms with Crippen LogP contribution in [0.3, 0.4) is 0 Å². The number of carbonyl (C=O) groups is 3. The molecule has 1 aliphatic rings. The topological polar surface area (TPSA) is 103 Å². The molecule has 2 amide bonds. The summed E-state index contributed by atoms with van der Waals surface area (Å²) in [7, 11) is 0. The van der Waals surface area contributed by atoms with Crippen molar-refractivity contribution in [2.75, 3.05) is 23.8 Å². The Kier molecular flexibility index (Phi) is 6.79. The number of anilines is 2. The predicted molar refractivity (Wildman–Crippen MR) is 111 cm³/mol. The molecule has 0 aliphatic carbocycles. The van der Waals surface area contributed by atoms with Gasteiger partial charge in [0.15, 0.2) is 11.5 Å². The summed E-state index contributed by atoms with van der Waals surface area (Å²) in [6.07, 6.45) is 0.747. The van der Waals surface area contributed by atoms with Crippen molar-refractivity contribution in [2.24, 2.45) is 0 Å². The van der Waals surface area contributed by atoms with E-state index in [1.807, 2.05) is 0 Å². The fourth-order valence-electron chi connectivity index (χ4n) is 2.90. The molecule has 30 heavy (non-hydrogen) atoms. The van der Waals surface area contributed by atoms with Crippen LogP contribution in [0.25, 0.3) is 0 Å². The van der Waals surface area contributed by atoms with Crippen molar-refractivity contribution >= 4 is 40.8 Å². The van der Waals surface area contributed by atoms with Gasteiger partial charge in [0.25, 0.3) is 0 Å². The summed E-state index contributed by atoms with van der Waals surface area (Å²) >= 11 is 6.26. The van der Waals surface area contributed by atoms with Gasteiger partial charge >= 0.3 is 5.97 Å². The molecule has 0 saturated heterocycles. The van der Waals surface area contributed by atoms with Gasteiger partial charge in [-0.25, -0.2) is 4.79 Å². The van der Waals surface area contributed by atoms with E-state index in [2.05, 4.69) is 10.6 Å². The molecule has 2 N–H and O–H groups in total. The summed E-state index contributed by atoms with van der Waals surface area (Å²) in [5.41, 5.74) is 1.53. The average molecular weight is 433 g/mol. The third kappa shape index (κ3) is 5.64. The zero-order chi connectivity index (χ0) is 21.7. The fraction of sp³-hybridized carbons (Fsp3) is 0.286. The van der Waals surface area contributed by atoms with Crippen LogP contribution < -0.4 is 20.1 Å². The number of rotatable bonds is 5. The van der Waals surface area contributed by atoms with Crippen molar-refractivity contribution in [1.82, 2.24) is 0 Å². The standard InChI is InChI=1S/C21H21ClN2O6/c1-12(25)23-16-8-15(9-17(10-16)24-13(2)26)21(27)30-11-14-6-18(22)20-19(7-14)28-4-3-5-29-20/h6-10H,3-5,11H2,1-2H3,(H,23,25)(H,24,26). The van der Waals surface area contributed by atoms with Crippen LogP contribution in [0.5, 0.6) is 11.5 Å². The molecule has 2 aromatic carbocycles. The SMILES string of the molecule is CC(=O)Nc1cc(NC(C)=O)cc(C(=O)OCc2cc(Cl)c3c(c2)OCCCO3)c1. The summed E-state index contributed by atoms with van der Waals surface area (Å²) in [6, 6.07) is 7.85. The summed E-state index contributed by atoms with van der Waals surface area (Å²) in [5, 5.41) is 5.55. The molecule has 0 aromatic heterocycles. The lowest BCUT2D eigenvalue weighted by Crippen LogP contribution is -2.12. The second-order valence-electron chi connectivity index (χ2n) is 6.69. The predicted octanol–water partition coefficient (Wildman–Crippen LogP) is 3.78. The molecular formula is C21H21ClN2O6. The van der Waals surface area contributed by atoms with Gasteiger partial charge in [0.2, 0.25) is 11.8 Å². The van der Waals surface area contributed by atoms with E-state index < -0.39 is 5.97 Å². The number of fused-ring (bicyclic) bond motifs is 1. The first kappa shape index (κ1) is 21.4. The second kappa shape index (κ2) is 9.49. The van der Waals surface area contributed by atoms with Crippen molar-refractivity contribution in [3.63, 3.8) is 0 Å². The van der Waals surface area contributed by atoms with Crippen LogP contribution >= 0.6 is 11.6 Å². The molecule has 8 nitrogen and oxygen atoms in total. The number of carbonyl (C=O) groups excluding carboxylic acids is 3. The van der Waals surface area contributed by atoms with Gasteiger partial charge in [0.05, 0.1) is 23.8 Å². The van der Waals surface area contributed by atoms with Crippen molar-refractivity contribution in [3.8, 4) is 11.5 Å². The molecule has 0 fully saturated rings. The van der Waals surface area contributed by atoms with E-state index in [0.29, 0.717) is 46.7 Å². The molecule has 1 heterocycles. The van der Waals surface area contributed by atoms with E-state index in [0.717, 1.165) is 6.42 Å². The Morgan fingerprint density at radius 1 is 0.967 bits per heavy atom. The highest BCUT2D eigenvalue weighted by atomic mass is 35.5. The number of hydrogen-bond acceptors (Lipinski definition) is 6. The Labute approximate surface area is 178 Å². The first-order chi connectivity index (χ1) is 14.3. The van der Waals surface area contributed by atoms with Gasteiger partial charge < -0.3 is 24.8 Å². The largest absolute Gasteiger partial charge is 0.489 e. The molecule has 3 rings (SSSR count). The van der Waals surface area contributed by atoms with E-state index in [1.165, 1.54) is 26.0 Å². The number of hydrogen-bond donors (Lipinski definition) is 2. The molecule has 9 heteroatoms. The van der Waals surface area contributed by atoms with Crippen molar-refractivity contribution in [1.29, 1.82) is 0 Å². The van der Waals surface area contributed by atoms with Crippen LogP contribution in [-0.4, -0.2) is 31.0 Å². The monoisotopic (exact) mass is 432 g/mol. The van der Waals surface area contributed by atoms with Crippen LogP contribution in [0.4, 0.5) is 11.4 Å². The maximum absolute atomic E-state index is 12.6. The molecular weight excluding hydrogens is 412 g/mol. The Bertz CT molecular complexity index is 957. The molecule has 158 valence electrons. The normalized spacial score (nSPS) is 12.5. The summed E-state index contributed by atoms with van der Waals surface area (Å²) in [5.74, 6) is -0.261. The minimum absolute atomic E-state index is 0.0466. The molecule has 0 atom stereocenters. The van der Waals surface area contributed by atoms with Gasteiger partial charge in [0, 0.05) is 31.6 Å². The first-order valence-corrected chi connectivity index (χ1v) is 9.65. The zero-order valence-electron chi connectivity index (χ0n) is 16.5. The quantitative estimate of drug-likeness (QED) is 0.697. The van der Waals surface area contributed by atoms with E-state index in [1.54, 1.807) is 18.2 Å². The lowest BCUT2D eigenvalue weighted by Gasteiger charge is -2.13. The number of benzene rings is 2. The zero-order valence-corrected chi connectivity index (χ0v) is 17.3. The third-order valence-electron chi connectivity index (χ3n) is 4.04. The van der Waals surface area contributed by atoms with Gasteiger partial charge in [-0.1, -0.05) is 11.6 Å². The van der Waals surface area contributed by atoms with Crippen LogP contribution in [0.1, 0.15) is 36.2 Å². The van der Waals surface area contributed by atoms with Gasteiger partial charge in [-0.05, 0) is 35.9 Å². The van der Waals surface area contributed by atoms with Crippen LogP contribution in [0.2, 0.25) is 5.02 Å². The number of esters is 1. The van der Waals surface area contributed by atoms with Crippen molar-refractivity contribution in [3.05, 3.63) is 46.5 Å². The maximum atomic E-state index is 12.6. The highest BCUT2D eigenvalue weighted by Gasteiger charge is 2.17. The summed E-state index contributed by atoms with van der Waals surface area (Å²) in [4.78, 5) is 35.3. The smallest absolute Gasteiger partial charge is 0.338 e. The lowest BCUT2D eigenvalue weighted by molar-refractivity contribution is -0.115. The summed E-state index contributed by atoms with van der Waals surface area (Å²) < 4.78 is 16.6. The molecule has 0 spiro atoms. The van der Waals surface area contributed by atoms with Crippen molar-refractivity contribution in [2.45, 2.75) is 26.9 Å². The van der Waals surface area contributed by atoms with E-state index in [4.69, 9.17) is 25.8 Å². The third-order valence-corrected chi connectivity index (χ3v) is 4.32. The van der Waals surface area contributed by atoms with Crippen LogP contribution in [-0.2, 0) is 20.9 Å². The van der Waals surface area contributed by atoms with Crippen LogP contribution in [0.15, 0.2) is 30.3 Å². The number of nitrogens with one attached hydrogen (secondary N) is 2. The summed E-state index contributed by atoms with van der Waals surface area (Å²) in [6.45, 7) is 3.67. The van der Waals surface area contributed by atoms with Gasteiger partial charge in [-0.15, -0.1) is 0 Å². The molecule has 0 saturated carbocycles. The van der Waals surface area contributed by atoms with E-state index in [9.17, 15) is 14.4 Å².